The fraction of sp³-hybridized carbons (Fsp3) is 0.276. The number of hydrogen-bond donors (Lipinski definition) is 4. The first kappa shape index (κ1) is 29.4. The zero-order valence-corrected chi connectivity index (χ0v) is 22.5. The maximum Gasteiger partial charge on any atom is 0.319 e. The van der Waals surface area contributed by atoms with Gasteiger partial charge in [-0.3, -0.25) is 9.59 Å². The van der Waals surface area contributed by atoms with Gasteiger partial charge >= 0.3 is 12.0 Å². The molecule has 0 aromatic heterocycles. The van der Waals surface area contributed by atoms with Gasteiger partial charge in [-0.1, -0.05) is 49.4 Å². The summed E-state index contributed by atoms with van der Waals surface area (Å²) in [7, 11) is -3.79. The van der Waals surface area contributed by atoms with Gasteiger partial charge in [0.1, 0.15) is 5.78 Å². The first-order chi connectivity index (χ1) is 18.6. The van der Waals surface area contributed by atoms with E-state index in [9.17, 15) is 27.9 Å². The van der Waals surface area contributed by atoms with Crippen LogP contribution in [-0.4, -0.2) is 37.9 Å². The van der Waals surface area contributed by atoms with Crippen molar-refractivity contribution in [1.29, 1.82) is 0 Å². The number of carboxylic acids is 1. The van der Waals surface area contributed by atoms with E-state index < -0.39 is 27.8 Å². The molecule has 9 nitrogen and oxygen atoms in total. The number of urea groups is 1. The van der Waals surface area contributed by atoms with Crippen molar-refractivity contribution >= 4 is 39.0 Å². The lowest BCUT2D eigenvalue weighted by Gasteiger charge is -2.16. The lowest BCUT2D eigenvalue weighted by Crippen LogP contribution is -2.29. The number of carboxylic acid groups (broad SMARTS) is 1. The molecule has 5 N–H and O–H groups in total. The van der Waals surface area contributed by atoms with Crippen LogP contribution in [0.25, 0.3) is 0 Å². The lowest BCUT2D eigenvalue weighted by atomic mass is 9.88. The van der Waals surface area contributed by atoms with Crippen LogP contribution in [0.2, 0.25) is 0 Å². The first-order valence-electron chi connectivity index (χ1n) is 12.6. The average molecular weight is 552 g/mol. The summed E-state index contributed by atoms with van der Waals surface area (Å²) in [6, 6.07) is 19.2. The number of nitrogen functional groups attached to an aromatic ring is 1. The zero-order chi connectivity index (χ0) is 28.4. The summed E-state index contributed by atoms with van der Waals surface area (Å²) in [6.07, 6.45) is 0.647. The second kappa shape index (κ2) is 13.6. The number of Topliss-reactive ketones (excluding diaryl/α,β-unsaturated/α-hetero) is 1. The van der Waals surface area contributed by atoms with Gasteiger partial charge in [0, 0.05) is 36.7 Å². The Hall–Kier alpha value is -4.18. The molecule has 2 amide bonds. The van der Waals surface area contributed by atoms with Crippen LogP contribution in [0.15, 0.2) is 77.7 Å². The topological polar surface area (TPSA) is 156 Å². The summed E-state index contributed by atoms with van der Waals surface area (Å²) in [4.78, 5) is 36.3. The molecule has 3 aromatic rings. The summed E-state index contributed by atoms with van der Waals surface area (Å²) < 4.78 is 26.4. The van der Waals surface area contributed by atoms with Crippen molar-refractivity contribution in [3.63, 3.8) is 0 Å². The number of carbonyl (C=O) groups is 3. The van der Waals surface area contributed by atoms with Gasteiger partial charge in [0.05, 0.1) is 17.1 Å². The molecular formula is C29H33N3O6S. The number of benzene rings is 3. The molecule has 39 heavy (non-hydrogen) atoms. The van der Waals surface area contributed by atoms with Gasteiger partial charge in [0.15, 0.2) is 9.84 Å². The zero-order valence-electron chi connectivity index (χ0n) is 21.7. The normalized spacial score (nSPS) is 11.9. The van der Waals surface area contributed by atoms with Crippen molar-refractivity contribution in [3.05, 3.63) is 89.5 Å². The van der Waals surface area contributed by atoms with Crippen LogP contribution in [0, 0.1) is 0 Å². The van der Waals surface area contributed by atoms with Crippen molar-refractivity contribution in [3.8, 4) is 0 Å². The van der Waals surface area contributed by atoms with E-state index in [1.54, 1.807) is 60.7 Å². The third kappa shape index (κ3) is 9.26. The number of amides is 2. The fourth-order valence-corrected chi connectivity index (χ4v) is 5.53. The monoisotopic (exact) mass is 551 g/mol. The molecule has 1 atom stereocenters. The van der Waals surface area contributed by atoms with E-state index in [4.69, 9.17) is 5.73 Å². The molecule has 0 aliphatic heterocycles. The molecule has 10 heteroatoms. The number of rotatable bonds is 13. The van der Waals surface area contributed by atoms with Crippen LogP contribution in [0.4, 0.5) is 16.2 Å². The minimum absolute atomic E-state index is 0.000684. The van der Waals surface area contributed by atoms with E-state index in [2.05, 4.69) is 10.6 Å². The molecule has 0 aliphatic carbocycles. The summed E-state index contributed by atoms with van der Waals surface area (Å²) in [6.45, 7) is 2.42. The molecule has 0 bridgehead atoms. The summed E-state index contributed by atoms with van der Waals surface area (Å²) in [5, 5.41) is 14.8. The number of anilines is 2. The molecule has 0 aliphatic rings. The number of carbonyl (C=O) groups excluding carboxylic acids is 2. The molecule has 3 rings (SSSR count). The smallest absolute Gasteiger partial charge is 0.319 e. The highest BCUT2D eigenvalue weighted by molar-refractivity contribution is 7.90. The minimum atomic E-state index is -3.79. The Kier molecular flexibility index (Phi) is 10.2. The Labute approximate surface area is 228 Å². The van der Waals surface area contributed by atoms with Crippen molar-refractivity contribution in [2.45, 2.75) is 49.2 Å². The Morgan fingerprint density at radius 2 is 1.64 bits per heavy atom. The van der Waals surface area contributed by atoms with E-state index in [1.165, 1.54) is 12.1 Å². The SMILES string of the molecule is CCCNC(=O)Nc1cccc(S(=O)(=O)Cc2cccc([C@@H](CC(=O)O)CC(=O)Cc3ccc(N)cc3)c2)c1. The van der Waals surface area contributed by atoms with E-state index in [0.29, 0.717) is 29.0 Å². The van der Waals surface area contributed by atoms with Crippen LogP contribution in [0.5, 0.6) is 0 Å². The maximum absolute atomic E-state index is 13.2. The Morgan fingerprint density at radius 1 is 0.923 bits per heavy atom. The van der Waals surface area contributed by atoms with E-state index in [0.717, 1.165) is 12.0 Å². The van der Waals surface area contributed by atoms with Crippen molar-refractivity contribution in [1.82, 2.24) is 5.32 Å². The molecule has 206 valence electrons. The van der Waals surface area contributed by atoms with Crippen molar-refractivity contribution in [2.24, 2.45) is 0 Å². The third-order valence-electron chi connectivity index (χ3n) is 6.04. The molecule has 0 heterocycles. The first-order valence-corrected chi connectivity index (χ1v) is 14.3. The van der Waals surface area contributed by atoms with Crippen LogP contribution < -0.4 is 16.4 Å². The number of aliphatic carboxylic acids is 1. The number of sulfone groups is 1. The van der Waals surface area contributed by atoms with Crippen molar-refractivity contribution < 1.29 is 27.9 Å². The second-order valence-corrected chi connectivity index (χ2v) is 11.4. The van der Waals surface area contributed by atoms with Crippen molar-refractivity contribution in [2.75, 3.05) is 17.6 Å². The average Bonchev–Trinajstić information content (AvgIpc) is 2.88. The van der Waals surface area contributed by atoms with Gasteiger partial charge in [-0.15, -0.1) is 0 Å². The van der Waals surface area contributed by atoms with Gasteiger partial charge in [-0.2, -0.15) is 0 Å². The molecule has 0 fully saturated rings. The highest BCUT2D eigenvalue weighted by atomic mass is 32.2. The molecule has 3 aromatic carbocycles. The van der Waals surface area contributed by atoms with E-state index in [-0.39, 0.29) is 35.7 Å². The molecule has 0 saturated heterocycles. The minimum Gasteiger partial charge on any atom is -0.481 e. The summed E-state index contributed by atoms with van der Waals surface area (Å²) in [5.74, 6) is -2.12. The van der Waals surface area contributed by atoms with Gasteiger partial charge in [0.25, 0.3) is 0 Å². The largest absolute Gasteiger partial charge is 0.481 e. The number of ketones is 1. The van der Waals surface area contributed by atoms with Crippen LogP contribution in [-0.2, 0) is 31.6 Å². The Balaban J connectivity index is 1.75. The van der Waals surface area contributed by atoms with Crippen LogP contribution >= 0.6 is 0 Å². The fourth-order valence-electron chi connectivity index (χ4n) is 4.15. The predicted octanol–water partition coefficient (Wildman–Crippen LogP) is 4.53. The molecule has 0 spiro atoms. The quantitative estimate of drug-likeness (QED) is 0.227. The van der Waals surface area contributed by atoms with Gasteiger partial charge in [0.2, 0.25) is 0 Å². The highest BCUT2D eigenvalue weighted by Gasteiger charge is 2.22. The molecule has 0 radical (unpaired) electrons. The van der Waals surface area contributed by atoms with Gasteiger partial charge in [-0.25, -0.2) is 13.2 Å². The lowest BCUT2D eigenvalue weighted by molar-refractivity contribution is -0.137. The Morgan fingerprint density at radius 3 is 2.33 bits per heavy atom. The number of nitrogens with two attached hydrogens (primary N) is 1. The third-order valence-corrected chi connectivity index (χ3v) is 7.73. The standard InChI is InChI=1S/C29H33N3O6S/c1-2-13-31-29(36)32-25-7-4-8-27(18-25)39(37,38)19-21-5-3-6-22(14-21)23(17-28(34)35)16-26(33)15-20-9-11-24(30)12-10-20/h3-12,14,18,23H,2,13,15-17,19,30H2,1H3,(H,34,35)(H2,31,32,36)/t23-/m1/s1. The number of nitrogens with one attached hydrogen (secondary N) is 2. The maximum atomic E-state index is 13.2. The van der Waals surface area contributed by atoms with Gasteiger partial charge < -0.3 is 21.5 Å². The highest BCUT2D eigenvalue weighted by Crippen LogP contribution is 2.27. The van der Waals surface area contributed by atoms with Crippen LogP contribution in [0.1, 0.15) is 48.8 Å². The summed E-state index contributed by atoms with van der Waals surface area (Å²) >= 11 is 0. The predicted molar refractivity (Wildman–Crippen MR) is 150 cm³/mol. The molecule has 0 unspecified atom stereocenters. The Bertz CT molecular complexity index is 1420. The summed E-state index contributed by atoms with van der Waals surface area (Å²) in [5.41, 5.74) is 8.45. The van der Waals surface area contributed by atoms with Crippen LogP contribution in [0.3, 0.4) is 0 Å². The molecule has 0 saturated carbocycles. The second-order valence-electron chi connectivity index (χ2n) is 9.37. The van der Waals surface area contributed by atoms with E-state index in [1.807, 2.05) is 6.92 Å². The molecular weight excluding hydrogens is 518 g/mol. The number of hydrogen-bond acceptors (Lipinski definition) is 6. The van der Waals surface area contributed by atoms with Gasteiger partial charge in [-0.05, 0) is 53.4 Å². The van der Waals surface area contributed by atoms with E-state index >= 15 is 0 Å².